The standard InChI is InChI=1S/C4H9NO4/c5-4(9)2(6)1-3(7)8/h2-3,6-8H,1H2,(H2,5,9). The molecule has 0 heterocycles. The quantitative estimate of drug-likeness (QED) is 0.322. The molecule has 0 aromatic carbocycles. The number of carbonyl (C=O) groups is 1. The summed E-state index contributed by atoms with van der Waals surface area (Å²) in [4.78, 5) is 9.98. The van der Waals surface area contributed by atoms with Crippen LogP contribution >= 0.6 is 0 Å². The molecular formula is C4H9NO4. The van der Waals surface area contributed by atoms with Crippen molar-refractivity contribution >= 4 is 5.91 Å². The largest absolute Gasteiger partial charge is 0.383 e. The molecule has 0 aliphatic rings. The minimum Gasteiger partial charge on any atom is -0.383 e. The van der Waals surface area contributed by atoms with Crippen molar-refractivity contribution in [1.82, 2.24) is 0 Å². The predicted molar refractivity (Wildman–Crippen MR) is 28.0 cm³/mol. The van der Waals surface area contributed by atoms with E-state index in [0.29, 0.717) is 0 Å². The van der Waals surface area contributed by atoms with Crippen molar-refractivity contribution in [3.8, 4) is 0 Å². The van der Waals surface area contributed by atoms with Crippen LogP contribution in [0.4, 0.5) is 0 Å². The fraction of sp³-hybridized carbons (Fsp3) is 0.750. The lowest BCUT2D eigenvalue weighted by molar-refractivity contribution is -0.132. The van der Waals surface area contributed by atoms with Gasteiger partial charge in [0.25, 0.3) is 0 Å². The van der Waals surface area contributed by atoms with E-state index in [2.05, 4.69) is 5.73 Å². The highest BCUT2D eigenvalue weighted by molar-refractivity contribution is 5.78. The van der Waals surface area contributed by atoms with Crippen molar-refractivity contribution in [2.24, 2.45) is 5.73 Å². The number of nitrogens with two attached hydrogens (primary N) is 1. The molecule has 0 aliphatic carbocycles. The minimum atomic E-state index is -1.69. The van der Waals surface area contributed by atoms with Crippen LogP contribution in [0.3, 0.4) is 0 Å². The summed E-state index contributed by atoms with van der Waals surface area (Å²) in [7, 11) is 0. The van der Waals surface area contributed by atoms with Crippen molar-refractivity contribution in [1.29, 1.82) is 0 Å². The molecule has 54 valence electrons. The first-order chi connectivity index (χ1) is 4.04. The molecule has 0 aromatic heterocycles. The van der Waals surface area contributed by atoms with Gasteiger partial charge in [-0.1, -0.05) is 0 Å². The molecule has 1 atom stereocenters. The molecule has 1 amide bonds. The Morgan fingerprint density at radius 3 is 2.00 bits per heavy atom. The van der Waals surface area contributed by atoms with E-state index in [1.807, 2.05) is 0 Å². The third-order valence-corrected chi connectivity index (χ3v) is 0.763. The van der Waals surface area contributed by atoms with E-state index in [9.17, 15) is 4.79 Å². The lowest BCUT2D eigenvalue weighted by Crippen LogP contribution is -2.31. The molecule has 0 saturated heterocycles. The first kappa shape index (κ1) is 8.35. The maximum Gasteiger partial charge on any atom is 0.246 e. The summed E-state index contributed by atoms with van der Waals surface area (Å²) in [6, 6.07) is 0. The highest BCUT2D eigenvalue weighted by atomic mass is 16.5. The first-order valence-corrected chi connectivity index (χ1v) is 2.37. The molecule has 9 heavy (non-hydrogen) atoms. The van der Waals surface area contributed by atoms with Gasteiger partial charge in [-0.05, 0) is 0 Å². The number of primary amides is 1. The Morgan fingerprint density at radius 1 is 1.44 bits per heavy atom. The second-order valence-corrected chi connectivity index (χ2v) is 1.63. The van der Waals surface area contributed by atoms with Crippen LogP contribution in [0.25, 0.3) is 0 Å². The second kappa shape index (κ2) is 3.39. The van der Waals surface area contributed by atoms with Crippen LogP contribution in [-0.2, 0) is 4.79 Å². The molecule has 5 heteroatoms. The summed E-state index contributed by atoms with van der Waals surface area (Å²) in [5.74, 6) is -0.955. The van der Waals surface area contributed by atoms with Crippen LogP contribution in [-0.4, -0.2) is 33.6 Å². The zero-order chi connectivity index (χ0) is 7.44. The van der Waals surface area contributed by atoms with E-state index < -0.39 is 24.7 Å². The Labute approximate surface area is 51.7 Å². The summed E-state index contributed by atoms with van der Waals surface area (Å²) >= 11 is 0. The van der Waals surface area contributed by atoms with E-state index in [-0.39, 0.29) is 0 Å². The van der Waals surface area contributed by atoms with Crippen molar-refractivity contribution in [2.75, 3.05) is 0 Å². The average Bonchev–Trinajstić information content (AvgIpc) is 1.63. The number of amides is 1. The molecule has 0 bridgehead atoms. The van der Waals surface area contributed by atoms with Gasteiger partial charge >= 0.3 is 0 Å². The van der Waals surface area contributed by atoms with Crippen LogP contribution in [0, 0.1) is 0 Å². The third-order valence-electron chi connectivity index (χ3n) is 0.763. The number of carbonyl (C=O) groups excluding carboxylic acids is 1. The Morgan fingerprint density at radius 2 is 1.89 bits per heavy atom. The smallest absolute Gasteiger partial charge is 0.246 e. The van der Waals surface area contributed by atoms with E-state index in [0.717, 1.165) is 0 Å². The first-order valence-electron chi connectivity index (χ1n) is 2.37. The maximum atomic E-state index is 9.98. The SMILES string of the molecule is NC(=O)C(O)CC(O)O. The Bertz CT molecular complexity index is 103. The normalized spacial score (nSPS) is 13.8. The van der Waals surface area contributed by atoms with E-state index >= 15 is 0 Å². The molecule has 0 radical (unpaired) electrons. The van der Waals surface area contributed by atoms with Gasteiger partial charge in [0.05, 0.1) is 0 Å². The van der Waals surface area contributed by atoms with Crippen LogP contribution in [0.1, 0.15) is 6.42 Å². The molecule has 0 fully saturated rings. The van der Waals surface area contributed by atoms with Crippen molar-refractivity contribution in [2.45, 2.75) is 18.8 Å². The lowest BCUT2D eigenvalue weighted by Gasteiger charge is -2.06. The van der Waals surface area contributed by atoms with Crippen LogP contribution < -0.4 is 5.73 Å². The molecule has 0 saturated carbocycles. The van der Waals surface area contributed by atoms with Crippen LogP contribution in [0.15, 0.2) is 0 Å². The lowest BCUT2D eigenvalue weighted by atomic mass is 10.2. The topological polar surface area (TPSA) is 104 Å². The van der Waals surface area contributed by atoms with Gasteiger partial charge in [-0.25, -0.2) is 0 Å². The monoisotopic (exact) mass is 135 g/mol. The van der Waals surface area contributed by atoms with Gasteiger partial charge in [-0.15, -0.1) is 0 Å². The van der Waals surface area contributed by atoms with Gasteiger partial charge in [0, 0.05) is 6.42 Å². The fourth-order valence-electron chi connectivity index (χ4n) is 0.316. The zero-order valence-corrected chi connectivity index (χ0v) is 4.69. The summed E-state index contributed by atoms with van der Waals surface area (Å²) in [6.07, 6.45) is -3.59. The van der Waals surface area contributed by atoms with Crippen molar-refractivity contribution in [3.63, 3.8) is 0 Å². The number of aliphatic hydroxyl groups is 3. The highest BCUT2D eigenvalue weighted by Crippen LogP contribution is 1.92. The van der Waals surface area contributed by atoms with Crippen molar-refractivity contribution < 1.29 is 20.1 Å². The highest BCUT2D eigenvalue weighted by Gasteiger charge is 2.13. The summed E-state index contributed by atoms with van der Waals surface area (Å²) in [5.41, 5.74) is 4.57. The summed E-state index contributed by atoms with van der Waals surface area (Å²) < 4.78 is 0. The molecule has 0 spiro atoms. The molecule has 0 aliphatic heterocycles. The van der Waals surface area contributed by atoms with E-state index in [4.69, 9.17) is 15.3 Å². The summed E-state index contributed by atoms with van der Waals surface area (Å²) in [6.45, 7) is 0. The average molecular weight is 135 g/mol. The summed E-state index contributed by atoms with van der Waals surface area (Å²) in [5, 5.41) is 24.8. The third kappa shape index (κ3) is 3.89. The molecule has 1 unspecified atom stereocenters. The number of hydrogen-bond acceptors (Lipinski definition) is 4. The van der Waals surface area contributed by atoms with Crippen molar-refractivity contribution in [3.05, 3.63) is 0 Å². The Hall–Kier alpha value is -0.650. The number of aliphatic hydroxyl groups excluding tert-OH is 2. The minimum absolute atomic E-state index is 0.435. The maximum absolute atomic E-state index is 9.98. The second-order valence-electron chi connectivity index (χ2n) is 1.63. The molecular weight excluding hydrogens is 126 g/mol. The fourth-order valence-corrected chi connectivity index (χ4v) is 0.316. The molecule has 5 nitrogen and oxygen atoms in total. The van der Waals surface area contributed by atoms with E-state index in [1.54, 1.807) is 0 Å². The number of hydrogen-bond donors (Lipinski definition) is 4. The van der Waals surface area contributed by atoms with Gasteiger partial charge in [-0.3, -0.25) is 4.79 Å². The van der Waals surface area contributed by atoms with Gasteiger partial charge in [-0.2, -0.15) is 0 Å². The van der Waals surface area contributed by atoms with Gasteiger partial charge in [0.2, 0.25) is 5.91 Å². The van der Waals surface area contributed by atoms with Gasteiger partial charge in [0.15, 0.2) is 6.29 Å². The predicted octanol–water partition coefficient (Wildman–Crippen LogP) is -2.47. The number of rotatable bonds is 3. The van der Waals surface area contributed by atoms with Gasteiger partial charge in [0.1, 0.15) is 6.10 Å². The zero-order valence-electron chi connectivity index (χ0n) is 4.69. The Balaban J connectivity index is 3.50. The molecule has 0 aromatic rings. The van der Waals surface area contributed by atoms with Crippen LogP contribution in [0.2, 0.25) is 0 Å². The molecule has 0 rings (SSSR count). The van der Waals surface area contributed by atoms with Gasteiger partial charge < -0.3 is 21.1 Å². The van der Waals surface area contributed by atoms with E-state index in [1.165, 1.54) is 0 Å². The Kier molecular flexibility index (Phi) is 3.15. The van der Waals surface area contributed by atoms with Crippen LogP contribution in [0.5, 0.6) is 0 Å². The molecule has 5 N–H and O–H groups in total.